The van der Waals surface area contributed by atoms with E-state index in [9.17, 15) is 0 Å². The standard InChI is InChI=1S/C6H11BN2O2/c1-2-6-5(7(10)11)3-8-4-9-6/h3-4,6,10-11H,2H2,1H3,(H,8,9)/t6-/m1/s1. The zero-order chi connectivity index (χ0) is 8.27. The second-order valence-electron chi connectivity index (χ2n) is 2.39. The molecule has 0 fully saturated rings. The molecular weight excluding hydrogens is 143 g/mol. The molecule has 0 unspecified atom stereocenters. The first-order chi connectivity index (χ1) is 5.25. The predicted molar refractivity (Wildman–Crippen MR) is 44.0 cm³/mol. The van der Waals surface area contributed by atoms with E-state index in [1.165, 1.54) is 0 Å². The molecular formula is C6H11BN2O2. The summed E-state index contributed by atoms with van der Waals surface area (Å²) in [6, 6.07) is -0.0868. The number of nitrogens with zero attached hydrogens (tertiary/aromatic N) is 1. The van der Waals surface area contributed by atoms with Crippen LogP contribution in [0, 0.1) is 0 Å². The fraction of sp³-hybridized carbons (Fsp3) is 0.500. The maximum Gasteiger partial charge on any atom is 0.487 e. The van der Waals surface area contributed by atoms with Crippen LogP contribution in [0.2, 0.25) is 0 Å². The Morgan fingerprint density at radius 2 is 2.45 bits per heavy atom. The fourth-order valence-electron chi connectivity index (χ4n) is 1.04. The highest BCUT2D eigenvalue weighted by molar-refractivity contribution is 6.51. The summed E-state index contributed by atoms with van der Waals surface area (Å²) in [4.78, 5) is 4.03. The zero-order valence-electron chi connectivity index (χ0n) is 6.36. The first kappa shape index (κ1) is 8.29. The molecule has 1 aliphatic heterocycles. The highest BCUT2D eigenvalue weighted by Crippen LogP contribution is 2.12. The molecule has 0 spiro atoms. The highest BCUT2D eigenvalue weighted by atomic mass is 16.4. The highest BCUT2D eigenvalue weighted by Gasteiger charge is 2.23. The van der Waals surface area contributed by atoms with Crippen LogP contribution in [0.4, 0.5) is 0 Å². The number of nitrogens with one attached hydrogen (secondary N) is 1. The van der Waals surface area contributed by atoms with Gasteiger partial charge in [-0.2, -0.15) is 0 Å². The van der Waals surface area contributed by atoms with Crippen molar-refractivity contribution in [2.45, 2.75) is 19.4 Å². The minimum atomic E-state index is -1.40. The number of aliphatic imine (C=N–C) groups is 1. The third-order valence-electron chi connectivity index (χ3n) is 1.65. The summed E-state index contributed by atoms with van der Waals surface area (Å²) in [5, 5.41) is 20.4. The van der Waals surface area contributed by atoms with Gasteiger partial charge in [-0.25, -0.2) is 0 Å². The van der Waals surface area contributed by atoms with E-state index >= 15 is 0 Å². The van der Waals surface area contributed by atoms with E-state index in [4.69, 9.17) is 10.0 Å². The third kappa shape index (κ3) is 1.81. The lowest BCUT2D eigenvalue weighted by Gasteiger charge is -2.17. The number of hydrogen-bond donors (Lipinski definition) is 3. The molecule has 0 aromatic rings. The summed E-state index contributed by atoms with van der Waals surface area (Å²) in [5.74, 6) is 0. The van der Waals surface area contributed by atoms with Crippen molar-refractivity contribution < 1.29 is 10.0 Å². The van der Waals surface area contributed by atoms with Crippen LogP contribution in [0.1, 0.15) is 13.3 Å². The SMILES string of the molecule is CC[C@H]1N=CNC=C1B(O)O. The monoisotopic (exact) mass is 154 g/mol. The van der Waals surface area contributed by atoms with E-state index < -0.39 is 7.12 Å². The van der Waals surface area contributed by atoms with Crippen molar-refractivity contribution in [1.82, 2.24) is 5.32 Å². The van der Waals surface area contributed by atoms with Crippen molar-refractivity contribution in [1.29, 1.82) is 0 Å². The molecule has 60 valence electrons. The van der Waals surface area contributed by atoms with Gasteiger partial charge >= 0.3 is 7.12 Å². The van der Waals surface area contributed by atoms with Gasteiger partial charge in [0.25, 0.3) is 0 Å². The van der Waals surface area contributed by atoms with E-state index in [-0.39, 0.29) is 6.04 Å². The smallest absolute Gasteiger partial charge is 0.423 e. The predicted octanol–water partition coefficient (Wildman–Crippen LogP) is -0.708. The van der Waals surface area contributed by atoms with Crippen LogP contribution >= 0.6 is 0 Å². The van der Waals surface area contributed by atoms with Crippen molar-refractivity contribution in [3.63, 3.8) is 0 Å². The van der Waals surface area contributed by atoms with Gasteiger partial charge in [-0.3, -0.25) is 4.99 Å². The van der Waals surface area contributed by atoms with Gasteiger partial charge in [0.1, 0.15) is 0 Å². The summed E-state index contributed by atoms with van der Waals surface area (Å²) < 4.78 is 0. The number of hydrogen-bond acceptors (Lipinski definition) is 4. The molecule has 11 heavy (non-hydrogen) atoms. The van der Waals surface area contributed by atoms with Gasteiger partial charge in [0.15, 0.2) is 0 Å². The quantitative estimate of drug-likeness (QED) is 0.460. The van der Waals surface area contributed by atoms with Gasteiger partial charge in [0.2, 0.25) is 0 Å². The largest absolute Gasteiger partial charge is 0.487 e. The molecule has 0 aliphatic carbocycles. The maximum atomic E-state index is 8.85. The van der Waals surface area contributed by atoms with Crippen molar-refractivity contribution >= 4 is 13.5 Å². The Balaban J connectivity index is 2.68. The Labute approximate surface area is 65.8 Å². The summed E-state index contributed by atoms with van der Waals surface area (Å²) in [5.41, 5.74) is 0.523. The Morgan fingerprint density at radius 1 is 1.73 bits per heavy atom. The van der Waals surface area contributed by atoms with E-state index in [2.05, 4.69) is 10.3 Å². The van der Waals surface area contributed by atoms with Crippen molar-refractivity contribution in [3.8, 4) is 0 Å². The summed E-state index contributed by atoms with van der Waals surface area (Å²) in [6.07, 6.45) is 3.91. The molecule has 0 amide bonds. The van der Waals surface area contributed by atoms with Crippen molar-refractivity contribution in [2.24, 2.45) is 4.99 Å². The molecule has 1 heterocycles. The number of rotatable bonds is 2. The lowest BCUT2D eigenvalue weighted by Crippen LogP contribution is -2.30. The molecule has 0 radical (unpaired) electrons. The molecule has 0 saturated carbocycles. The first-order valence-corrected chi connectivity index (χ1v) is 3.59. The third-order valence-corrected chi connectivity index (χ3v) is 1.65. The second-order valence-corrected chi connectivity index (χ2v) is 2.39. The van der Waals surface area contributed by atoms with E-state index in [0.29, 0.717) is 5.47 Å². The fourth-order valence-corrected chi connectivity index (χ4v) is 1.04. The maximum absolute atomic E-state index is 8.85. The summed E-state index contributed by atoms with van der Waals surface area (Å²) in [7, 11) is -1.40. The van der Waals surface area contributed by atoms with Gasteiger partial charge in [0.05, 0.1) is 12.4 Å². The lowest BCUT2D eigenvalue weighted by atomic mass is 9.74. The zero-order valence-corrected chi connectivity index (χ0v) is 6.36. The molecule has 3 N–H and O–H groups in total. The molecule has 0 bridgehead atoms. The van der Waals surface area contributed by atoms with E-state index in [1.807, 2.05) is 6.92 Å². The van der Waals surface area contributed by atoms with Crippen molar-refractivity contribution in [2.75, 3.05) is 0 Å². The minimum absolute atomic E-state index is 0.0868. The summed E-state index contributed by atoms with van der Waals surface area (Å²) >= 11 is 0. The molecule has 4 nitrogen and oxygen atoms in total. The Bertz CT molecular complexity index is 191. The van der Waals surface area contributed by atoms with Gasteiger partial charge in [-0.15, -0.1) is 0 Å². The molecule has 0 saturated heterocycles. The van der Waals surface area contributed by atoms with Crippen LogP contribution in [-0.4, -0.2) is 29.5 Å². The lowest BCUT2D eigenvalue weighted by molar-refractivity contribution is 0.412. The van der Waals surface area contributed by atoms with Crippen LogP contribution in [0.5, 0.6) is 0 Å². The van der Waals surface area contributed by atoms with Crippen LogP contribution in [0.15, 0.2) is 16.7 Å². The molecule has 1 aliphatic rings. The average molecular weight is 154 g/mol. The Hall–Kier alpha value is -0.805. The molecule has 0 aromatic carbocycles. The topological polar surface area (TPSA) is 64.9 Å². The van der Waals surface area contributed by atoms with Gasteiger partial charge in [-0.05, 0) is 12.6 Å². The van der Waals surface area contributed by atoms with E-state index in [0.717, 1.165) is 6.42 Å². The van der Waals surface area contributed by atoms with Crippen LogP contribution < -0.4 is 5.32 Å². The van der Waals surface area contributed by atoms with Crippen LogP contribution in [0.3, 0.4) is 0 Å². The van der Waals surface area contributed by atoms with Crippen LogP contribution in [-0.2, 0) is 0 Å². The van der Waals surface area contributed by atoms with E-state index in [1.54, 1.807) is 12.5 Å². The minimum Gasteiger partial charge on any atom is -0.423 e. The van der Waals surface area contributed by atoms with Gasteiger partial charge in [0, 0.05) is 5.47 Å². The first-order valence-electron chi connectivity index (χ1n) is 3.59. The van der Waals surface area contributed by atoms with Crippen LogP contribution in [0.25, 0.3) is 0 Å². The molecule has 5 heteroatoms. The molecule has 1 atom stereocenters. The normalized spacial score (nSPS) is 22.5. The summed E-state index contributed by atoms with van der Waals surface area (Å²) in [6.45, 7) is 1.95. The second kappa shape index (κ2) is 3.55. The Kier molecular flexibility index (Phi) is 2.67. The molecule has 0 aromatic heterocycles. The van der Waals surface area contributed by atoms with Gasteiger partial charge in [-0.1, -0.05) is 6.92 Å². The average Bonchev–Trinajstić information content (AvgIpc) is 2.04. The van der Waals surface area contributed by atoms with Crippen molar-refractivity contribution in [3.05, 3.63) is 11.7 Å². The Morgan fingerprint density at radius 3 is 2.91 bits per heavy atom. The van der Waals surface area contributed by atoms with Gasteiger partial charge < -0.3 is 15.4 Å². The molecule has 1 rings (SSSR count).